The molecule has 1 fully saturated rings. The Morgan fingerprint density at radius 2 is 2.13 bits per heavy atom. The van der Waals surface area contributed by atoms with Crippen LogP contribution in [0.4, 0.5) is 5.82 Å². The summed E-state index contributed by atoms with van der Waals surface area (Å²) in [5.41, 5.74) is 6.18. The third-order valence-corrected chi connectivity index (χ3v) is 3.86. The van der Waals surface area contributed by atoms with Crippen LogP contribution >= 0.6 is 0 Å². The molecule has 0 radical (unpaired) electrons. The zero-order valence-electron chi connectivity index (χ0n) is 13.3. The van der Waals surface area contributed by atoms with E-state index in [9.17, 15) is 15.3 Å². The number of nitrogens with two attached hydrogens (primary N) is 1. The van der Waals surface area contributed by atoms with Gasteiger partial charge in [-0.25, -0.2) is 9.98 Å². The number of hydrogen-bond donors (Lipinski definition) is 4. The van der Waals surface area contributed by atoms with Crippen molar-refractivity contribution in [3.8, 4) is 0 Å². The normalized spacial score (nSPS) is 29.0. The Bertz CT molecular complexity index is 586. The summed E-state index contributed by atoms with van der Waals surface area (Å²) in [7, 11) is 0. The first kappa shape index (κ1) is 17.6. The number of rotatable bonds is 6. The maximum Gasteiger partial charge on any atom is 0.165 e. The number of ether oxygens (including phenoxy) is 1. The highest BCUT2D eigenvalue weighted by atomic mass is 16.6. The van der Waals surface area contributed by atoms with Gasteiger partial charge in [0, 0.05) is 0 Å². The first-order valence-electron chi connectivity index (χ1n) is 7.45. The Balaban J connectivity index is 2.28. The lowest BCUT2D eigenvalue weighted by molar-refractivity contribution is -0.0886. The van der Waals surface area contributed by atoms with E-state index < -0.39 is 30.6 Å². The molecule has 1 aliphatic heterocycles. The summed E-state index contributed by atoms with van der Waals surface area (Å²) in [5, 5.41) is 30.7. The molecule has 1 saturated heterocycles. The minimum absolute atomic E-state index is 0.204. The second-order valence-electron chi connectivity index (χ2n) is 6.18. The lowest BCUT2D eigenvalue weighted by Gasteiger charge is -2.22. The molecule has 2 rings (SSSR count). The second-order valence-corrected chi connectivity index (χ2v) is 6.18. The van der Waals surface area contributed by atoms with Crippen molar-refractivity contribution in [1.82, 2.24) is 9.55 Å². The minimum Gasteiger partial charge on any atom is -0.397 e. The molecule has 0 spiro atoms. The van der Waals surface area contributed by atoms with E-state index in [1.165, 1.54) is 10.9 Å². The van der Waals surface area contributed by atoms with Gasteiger partial charge in [-0.05, 0) is 19.1 Å². The van der Waals surface area contributed by atoms with Gasteiger partial charge in [0.1, 0.15) is 24.0 Å². The SMILES string of the molecule is C=Nc1c(C(=C)N)ncn1C1OC(C(O)CC(C)C)C(O)C1O. The van der Waals surface area contributed by atoms with Crippen molar-refractivity contribution in [2.24, 2.45) is 16.6 Å². The highest BCUT2D eigenvalue weighted by Gasteiger charge is 2.47. The lowest BCUT2D eigenvalue weighted by atomic mass is 9.98. The Morgan fingerprint density at radius 3 is 2.65 bits per heavy atom. The van der Waals surface area contributed by atoms with Crippen LogP contribution in [0.15, 0.2) is 17.9 Å². The van der Waals surface area contributed by atoms with Gasteiger partial charge in [0.05, 0.1) is 18.1 Å². The predicted octanol–water partition coefficient (Wildman–Crippen LogP) is 0.171. The van der Waals surface area contributed by atoms with Crippen LogP contribution in [-0.4, -0.2) is 56.0 Å². The van der Waals surface area contributed by atoms with Crippen LogP contribution in [0.1, 0.15) is 32.2 Å². The number of aliphatic imine (C=N–C) groups is 1. The van der Waals surface area contributed by atoms with Gasteiger partial charge >= 0.3 is 0 Å². The number of aliphatic hydroxyl groups is 3. The van der Waals surface area contributed by atoms with Gasteiger partial charge < -0.3 is 25.8 Å². The number of aromatic nitrogens is 2. The van der Waals surface area contributed by atoms with E-state index in [1.807, 2.05) is 13.8 Å². The third kappa shape index (κ3) is 3.30. The summed E-state index contributed by atoms with van der Waals surface area (Å²) >= 11 is 0. The lowest BCUT2D eigenvalue weighted by Crippen LogP contribution is -2.39. The van der Waals surface area contributed by atoms with Crippen molar-refractivity contribution in [2.75, 3.05) is 0 Å². The van der Waals surface area contributed by atoms with Gasteiger partial charge in [-0.1, -0.05) is 20.4 Å². The summed E-state index contributed by atoms with van der Waals surface area (Å²) in [4.78, 5) is 7.93. The Hall–Kier alpha value is -1.74. The van der Waals surface area contributed by atoms with Crippen molar-refractivity contribution in [1.29, 1.82) is 0 Å². The highest BCUT2D eigenvalue weighted by Crippen LogP contribution is 2.36. The average molecular weight is 324 g/mol. The van der Waals surface area contributed by atoms with E-state index >= 15 is 0 Å². The van der Waals surface area contributed by atoms with Crippen LogP contribution in [0.5, 0.6) is 0 Å². The molecule has 0 aromatic carbocycles. The summed E-state index contributed by atoms with van der Waals surface area (Å²) < 4.78 is 7.11. The van der Waals surface area contributed by atoms with Crippen LogP contribution in [0, 0.1) is 5.92 Å². The van der Waals surface area contributed by atoms with Crippen LogP contribution in [0.2, 0.25) is 0 Å². The van der Waals surface area contributed by atoms with Gasteiger partial charge in [-0.3, -0.25) is 4.57 Å². The number of imidazole rings is 1. The van der Waals surface area contributed by atoms with E-state index in [4.69, 9.17) is 10.5 Å². The molecule has 8 heteroatoms. The fourth-order valence-corrected chi connectivity index (χ4v) is 2.77. The van der Waals surface area contributed by atoms with E-state index in [0.29, 0.717) is 12.1 Å². The van der Waals surface area contributed by atoms with Gasteiger partial charge in [-0.2, -0.15) is 0 Å². The first-order chi connectivity index (χ1) is 10.8. The smallest absolute Gasteiger partial charge is 0.165 e. The summed E-state index contributed by atoms with van der Waals surface area (Å²) in [6.45, 7) is 11.0. The predicted molar refractivity (Wildman–Crippen MR) is 86.0 cm³/mol. The molecule has 8 nitrogen and oxygen atoms in total. The van der Waals surface area contributed by atoms with Crippen molar-refractivity contribution < 1.29 is 20.1 Å². The number of hydrogen-bond acceptors (Lipinski definition) is 7. The molecule has 2 heterocycles. The first-order valence-corrected chi connectivity index (χ1v) is 7.45. The molecule has 0 bridgehead atoms. The topological polar surface area (TPSA) is 126 Å². The van der Waals surface area contributed by atoms with Crippen molar-refractivity contribution in [3.05, 3.63) is 18.6 Å². The number of nitrogens with zero attached hydrogens (tertiary/aromatic N) is 3. The zero-order valence-corrected chi connectivity index (χ0v) is 13.3. The van der Waals surface area contributed by atoms with E-state index in [0.717, 1.165) is 0 Å². The van der Waals surface area contributed by atoms with Gasteiger partial charge in [0.2, 0.25) is 0 Å². The van der Waals surface area contributed by atoms with Gasteiger partial charge in [0.15, 0.2) is 12.0 Å². The fourth-order valence-electron chi connectivity index (χ4n) is 2.77. The van der Waals surface area contributed by atoms with Crippen LogP contribution in [0.25, 0.3) is 5.70 Å². The zero-order chi connectivity index (χ0) is 17.3. The van der Waals surface area contributed by atoms with Crippen LogP contribution in [-0.2, 0) is 4.74 Å². The molecule has 23 heavy (non-hydrogen) atoms. The van der Waals surface area contributed by atoms with E-state index in [-0.39, 0.29) is 17.4 Å². The molecular weight excluding hydrogens is 300 g/mol. The maximum absolute atomic E-state index is 10.3. The van der Waals surface area contributed by atoms with Gasteiger partial charge in [0.25, 0.3) is 0 Å². The standard InChI is InChI=1S/C15H24N4O4/c1-7(2)5-9(20)13-11(21)12(22)15(23-13)19-6-18-10(8(3)16)14(19)17-4/h6-7,9,11-13,15,20-22H,3-5,16H2,1-2H3. The summed E-state index contributed by atoms with van der Waals surface area (Å²) in [6.07, 6.45) is -3.37. The molecule has 0 aliphatic carbocycles. The average Bonchev–Trinajstić information content (AvgIpc) is 3.00. The minimum atomic E-state index is -1.24. The molecule has 0 saturated carbocycles. The van der Waals surface area contributed by atoms with Gasteiger partial charge in [-0.15, -0.1) is 0 Å². The summed E-state index contributed by atoms with van der Waals surface area (Å²) in [5.74, 6) is 0.510. The third-order valence-electron chi connectivity index (χ3n) is 3.86. The molecule has 0 amide bonds. The Labute approximate surface area is 134 Å². The molecule has 128 valence electrons. The molecule has 5 N–H and O–H groups in total. The van der Waals surface area contributed by atoms with Crippen LogP contribution < -0.4 is 5.73 Å². The Morgan fingerprint density at radius 1 is 1.48 bits per heavy atom. The second kappa shape index (κ2) is 6.79. The molecular formula is C15H24N4O4. The number of aliphatic hydroxyl groups excluding tert-OH is 3. The molecule has 1 aromatic heterocycles. The fraction of sp³-hybridized carbons (Fsp3) is 0.600. The van der Waals surface area contributed by atoms with E-state index in [1.54, 1.807) is 0 Å². The molecule has 5 atom stereocenters. The summed E-state index contributed by atoms with van der Waals surface area (Å²) in [6, 6.07) is 0. The highest BCUT2D eigenvalue weighted by molar-refractivity contribution is 5.67. The van der Waals surface area contributed by atoms with Crippen molar-refractivity contribution >= 4 is 18.2 Å². The molecule has 5 unspecified atom stereocenters. The van der Waals surface area contributed by atoms with E-state index in [2.05, 4.69) is 23.3 Å². The molecule has 1 aliphatic rings. The van der Waals surface area contributed by atoms with Crippen molar-refractivity contribution in [2.45, 2.75) is 50.9 Å². The Kier molecular flexibility index (Phi) is 5.20. The van der Waals surface area contributed by atoms with Crippen LogP contribution in [0.3, 0.4) is 0 Å². The quantitative estimate of drug-likeness (QED) is 0.553. The largest absolute Gasteiger partial charge is 0.397 e. The van der Waals surface area contributed by atoms with Crippen molar-refractivity contribution in [3.63, 3.8) is 0 Å². The monoisotopic (exact) mass is 324 g/mol. The molecule has 1 aromatic rings. The maximum atomic E-state index is 10.3.